The molecular weight excluding hydrogens is 388 g/mol. The number of nitrogens with zero attached hydrogens (tertiary/aromatic N) is 1. The summed E-state index contributed by atoms with van der Waals surface area (Å²) in [5.74, 6) is -0.956. The normalized spacial score (nSPS) is 24.2. The van der Waals surface area contributed by atoms with E-state index in [4.69, 9.17) is 9.47 Å². The van der Waals surface area contributed by atoms with E-state index in [1.807, 2.05) is 26.8 Å². The summed E-state index contributed by atoms with van der Waals surface area (Å²) >= 11 is 0. The number of nitrogens with one attached hydrogen (secondary N) is 1. The molecule has 2 aliphatic heterocycles. The predicted octanol–water partition coefficient (Wildman–Crippen LogP) is 2.09. The van der Waals surface area contributed by atoms with Gasteiger partial charge in [0.05, 0.1) is 13.1 Å². The van der Waals surface area contributed by atoms with Gasteiger partial charge >= 0.3 is 6.09 Å². The van der Waals surface area contributed by atoms with Gasteiger partial charge in [-0.2, -0.15) is 0 Å². The highest BCUT2D eigenvalue weighted by atomic mass is 16.6. The van der Waals surface area contributed by atoms with Crippen LogP contribution in [0.25, 0.3) is 0 Å². The van der Waals surface area contributed by atoms with Crippen molar-refractivity contribution in [2.45, 2.75) is 51.7 Å². The largest absolute Gasteiger partial charge is 0.487 e. The van der Waals surface area contributed by atoms with E-state index in [1.165, 1.54) is 0 Å². The minimum atomic E-state index is -0.533. The summed E-state index contributed by atoms with van der Waals surface area (Å²) in [7, 11) is 0. The molecule has 1 aromatic rings. The Balaban J connectivity index is 1.35. The number of ketones is 1. The number of rotatable bonds is 3. The van der Waals surface area contributed by atoms with Gasteiger partial charge in [-0.1, -0.05) is 0 Å². The van der Waals surface area contributed by atoms with Crippen LogP contribution in [0.3, 0.4) is 0 Å². The van der Waals surface area contributed by atoms with Crippen molar-refractivity contribution < 1.29 is 28.7 Å². The molecule has 3 aliphatic rings. The van der Waals surface area contributed by atoms with Crippen LogP contribution in [0.15, 0.2) is 18.2 Å². The summed E-state index contributed by atoms with van der Waals surface area (Å²) < 4.78 is 11.3. The van der Waals surface area contributed by atoms with Gasteiger partial charge in [0.2, 0.25) is 11.8 Å². The van der Waals surface area contributed by atoms with Gasteiger partial charge in [0.15, 0.2) is 5.78 Å². The minimum Gasteiger partial charge on any atom is -0.487 e. The van der Waals surface area contributed by atoms with Crippen LogP contribution in [0.1, 0.15) is 49.5 Å². The predicted molar refractivity (Wildman–Crippen MR) is 106 cm³/mol. The van der Waals surface area contributed by atoms with E-state index in [0.717, 1.165) is 5.56 Å². The monoisotopic (exact) mass is 414 g/mol. The number of carbonyl (C=O) groups excluding carboxylic acids is 4. The lowest BCUT2D eigenvalue weighted by molar-refractivity contribution is -0.137. The van der Waals surface area contributed by atoms with Gasteiger partial charge in [-0.05, 0) is 57.4 Å². The second-order valence-electron chi connectivity index (χ2n) is 9.18. The molecule has 160 valence electrons. The maximum absolute atomic E-state index is 12.8. The number of carbonyl (C=O) groups is 4. The summed E-state index contributed by atoms with van der Waals surface area (Å²) in [4.78, 5) is 50.0. The molecule has 1 N–H and O–H groups in total. The maximum Gasteiger partial charge on any atom is 0.410 e. The van der Waals surface area contributed by atoms with Gasteiger partial charge in [-0.15, -0.1) is 0 Å². The third-order valence-electron chi connectivity index (χ3n) is 5.69. The number of imide groups is 1. The fourth-order valence-electron chi connectivity index (χ4n) is 4.18. The molecule has 0 aromatic heterocycles. The van der Waals surface area contributed by atoms with Crippen molar-refractivity contribution in [1.82, 2.24) is 10.2 Å². The number of ether oxygens (including phenoxy) is 2. The first-order valence-corrected chi connectivity index (χ1v) is 10.3. The summed E-state index contributed by atoms with van der Waals surface area (Å²) in [6.45, 7) is 6.37. The van der Waals surface area contributed by atoms with Crippen molar-refractivity contribution in [1.29, 1.82) is 0 Å². The van der Waals surface area contributed by atoms with Gasteiger partial charge in [0.25, 0.3) is 0 Å². The van der Waals surface area contributed by atoms with E-state index in [-0.39, 0.29) is 36.2 Å². The Kier molecular flexibility index (Phi) is 5.03. The number of Topliss-reactive ketones (excluding diaryl/α,β-unsaturated/α-hetero) is 1. The van der Waals surface area contributed by atoms with Gasteiger partial charge in [-0.3, -0.25) is 19.7 Å². The Labute approximate surface area is 174 Å². The Hall–Kier alpha value is -2.90. The van der Waals surface area contributed by atoms with Crippen LogP contribution in [0.5, 0.6) is 5.75 Å². The highest BCUT2D eigenvalue weighted by Crippen LogP contribution is 2.37. The molecule has 3 amide bonds. The molecule has 30 heavy (non-hydrogen) atoms. The summed E-state index contributed by atoms with van der Waals surface area (Å²) in [5.41, 5.74) is 0.936. The van der Waals surface area contributed by atoms with Crippen LogP contribution < -0.4 is 10.1 Å². The summed E-state index contributed by atoms with van der Waals surface area (Å²) in [5, 5.41) is 2.34. The molecule has 4 rings (SSSR count). The third-order valence-corrected chi connectivity index (χ3v) is 5.69. The van der Waals surface area contributed by atoms with E-state index >= 15 is 0 Å². The van der Waals surface area contributed by atoms with Crippen molar-refractivity contribution in [2.24, 2.45) is 11.8 Å². The Morgan fingerprint density at radius 3 is 2.53 bits per heavy atom. The Morgan fingerprint density at radius 1 is 1.13 bits per heavy atom. The van der Waals surface area contributed by atoms with E-state index < -0.39 is 17.4 Å². The number of likely N-dealkylation sites (tertiary alicyclic amines) is 1. The van der Waals surface area contributed by atoms with Crippen molar-refractivity contribution in [3.8, 4) is 5.75 Å². The lowest BCUT2D eigenvalue weighted by Crippen LogP contribution is -2.57. The Morgan fingerprint density at radius 2 is 1.87 bits per heavy atom. The lowest BCUT2D eigenvalue weighted by atomic mass is 9.83. The van der Waals surface area contributed by atoms with E-state index in [9.17, 15) is 19.2 Å². The zero-order valence-corrected chi connectivity index (χ0v) is 17.4. The van der Waals surface area contributed by atoms with E-state index in [2.05, 4.69) is 5.32 Å². The molecule has 2 atom stereocenters. The first-order chi connectivity index (χ1) is 14.1. The number of amides is 3. The van der Waals surface area contributed by atoms with Crippen molar-refractivity contribution in [3.05, 3.63) is 29.3 Å². The zero-order valence-electron chi connectivity index (χ0n) is 17.4. The van der Waals surface area contributed by atoms with Crippen molar-refractivity contribution >= 4 is 23.7 Å². The number of hydrogen-bond donors (Lipinski definition) is 1. The SMILES string of the molecule is CC(C)(C)OC(=O)N1CC(Oc2ccc3c(c2)CC(C2CCC(=O)NC2=O)C3=O)C1. The van der Waals surface area contributed by atoms with Crippen molar-refractivity contribution in [2.75, 3.05) is 13.1 Å². The van der Waals surface area contributed by atoms with Gasteiger partial charge in [0.1, 0.15) is 17.5 Å². The number of piperidine rings is 1. The van der Waals surface area contributed by atoms with Crippen LogP contribution in [0.2, 0.25) is 0 Å². The smallest absolute Gasteiger partial charge is 0.410 e. The molecular formula is C22H26N2O6. The first-order valence-electron chi connectivity index (χ1n) is 10.3. The zero-order chi connectivity index (χ0) is 21.6. The first kappa shape index (κ1) is 20.4. The fraction of sp³-hybridized carbons (Fsp3) is 0.545. The molecule has 2 heterocycles. The van der Waals surface area contributed by atoms with Crippen LogP contribution in [-0.2, 0) is 20.7 Å². The van der Waals surface area contributed by atoms with Gasteiger partial charge in [-0.25, -0.2) is 4.79 Å². The minimum absolute atomic E-state index is 0.0502. The summed E-state index contributed by atoms with van der Waals surface area (Å²) in [6.07, 6.45) is 0.654. The molecule has 2 fully saturated rings. The average molecular weight is 414 g/mol. The number of benzene rings is 1. The second-order valence-corrected chi connectivity index (χ2v) is 9.18. The second kappa shape index (κ2) is 7.41. The average Bonchev–Trinajstić information content (AvgIpc) is 2.92. The molecule has 8 heteroatoms. The van der Waals surface area contributed by atoms with E-state index in [0.29, 0.717) is 37.2 Å². The van der Waals surface area contributed by atoms with Crippen LogP contribution in [-0.4, -0.2) is 53.4 Å². The van der Waals surface area contributed by atoms with Crippen LogP contribution in [0, 0.1) is 11.8 Å². The highest BCUT2D eigenvalue weighted by molar-refractivity contribution is 6.07. The molecule has 0 radical (unpaired) electrons. The van der Waals surface area contributed by atoms with Gasteiger partial charge < -0.3 is 14.4 Å². The van der Waals surface area contributed by atoms with Gasteiger partial charge in [0, 0.05) is 23.8 Å². The quantitative estimate of drug-likeness (QED) is 0.760. The molecule has 2 saturated heterocycles. The fourth-order valence-corrected chi connectivity index (χ4v) is 4.18. The topological polar surface area (TPSA) is 102 Å². The third kappa shape index (κ3) is 4.04. The molecule has 2 unspecified atom stereocenters. The molecule has 0 bridgehead atoms. The molecule has 1 aromatic carbocycles. The number of fused-ring (bicyclic) bond motifs is 1. The van der Waals surface area contributed by atoms with E-state index in [1.54, 1.807) is 17.0 Å². The molecule has 1 aliphatic carbocycles. The van der Waals surface area contributed by atoms with Crippen molar-refractivity contribution in [3.63, 3.8) is 0 Å². The maximum atomic E-state index is 12.8. The Bertz CT molecular complexity index is 913. The summed E-state index contributed by atoms with van der Waals surface area (Å²) in [6, 6.07) is 5.33. The highest BCUT2D eigenvalue weighted by Gasteiger charge is 2.42. The lowest BCUT2D eigenvalue weighted by Gasteiger charge is -2.39. The standard InChI is InChI=1S/C22H26N2O6/c1-22(2,3)30-21(28)24-10-14(11-24)29-13-4-5-15-12(8-13)9-17(19(15)26)16-6-7-18(25)23-20(16)27/h4-5,8,14,16-17H,6-7,9-11H2,1-3H3,(H,23,25,27). The van der Waals surface area contributed by atoms with Crippen LogP contribution in [0.4, 0.5) is 4.79 Å². The molecule has 8 nitrogen and oxygen atoms in total. The van der Waals surface area contributed by atoms with Crippen LogP contribution >= 0.6 is 0 Å². The molecule has 0 spiro atoms. The number of hydrogen-bond acceptors (Lipinski definition) is 6. The molecule has 0 saturated carbocycles.